The van der Waals surface area contributed by atoms with Gasteiger partial charge in [0.05, 0.1) is 4.90 Å². The molecule has 2 aliphatic heterocycles. The minimum Gasteiger partial charge on any atom is -0.356 e. The van der Waals surface area contributed by atoms with Crippen molar-refractivity contribution in [3.8, 4) is 0 Å². The summed E-state index contributed by atoms with van der Waals surface area (Å²) in [6.07, 6.45) is 0. The van der Waals surface area contributed by atoms with Gasteiger partial charge in [-0.3, -0.25) is 4.79 Å². The average Bonchev–Trinajstić information content (AvgIpc) is 2.90. The molecule has 1 N–H and O–H groups in total. The number of amides is 1. The van der Waals surface area contributed by atoms with Crippen LogP contribution in [0, 0.1) is 17.8 Å². The molecule has 0 unspecified atom stereocenters. The number of piperidine rings is 1. The van der Waals surface area contributed by atoms with Gasteiger partial charge in [0.2, 0.25) is 15.9 Å². The molecular formula is C14H18N2O3S. The second-order valence-corrected chi connectivity index (χ2v) is 7.53. The van der Waals surface area contributed by atoms with Crippen LogP contribution in [-0.2, 0) is 14.8 Å². The standard InChI is InChI=1S/C14H18N2O3S/c1-10-13-9-16(8-11(13)7-15-14(10)17)20(18,19)12-5-3-2-4-6-12/h2-6,10-11,13H,7-9H2,1H3,(H,15,17)/t10-,11+,13+/m1/s1. The molecule has 2 aliphatic rings. The minimum absolute atomic E-state index is 0.0326. The number of nitrogens with one attached hydrogen (secondary N) is 1. The first-order valence-corrected chi connectivity index (χ1v) is 8.27. The van der Waals surface area contributed by atoms with E-state index in [1.165, 1.54) is 4.31 Å². The topological polar surface area (TPSA) is 66.5 Å². The van der Waals surface area contributed by atoms with Gasteiger partial charge in [-0.1, -0.05) is 25.1 Å². The molecule has 3 atom stereocenters. The second kappa shape index (κ2) is 4.86. The molecule has 0 aliphatic carbocycles. The number of nitrogens with zero attached hydrogens (tertiary/aromatic N) is 1. The fourth-order valence-electron chi connectivity index (χ4n) is 3.16. The Hall–Kier alpha value is -1.40. The maximum absolute atomic E-state index is 12.6. The van der Waals surface area contributed by atoms with E-state index >= 15 is 0 Å². The summed E-state index contributed by atoms with van der Waals surface area (Å²) in [7, 11) is -3.44. The highest BCUT2D eigenvalue weighted by Gasteiger charge is 2.45. The van der Waals surface area contributed by atoms with E-state index in [9.17, 15) is 13.2 Å². The first kappa shape index (κ1) is 13.6. The second-order valence-electron chi connectivity index (χ2n) is 5.59. The van der Waals surface area contributed by atoms with Gasteiger partial charge in [0, 0.05) is 25.6 Å². The maximum Gasteiger partial charge on any atom is 0.243 e. The third-order valence-electron chi connectivity index (χ3n) is 4.43. The molecule has 108 valence electrons. The van der Waals surface area contributed by atoms with E-state index in [0.717, 1.165) is 0 Å². The Kier molecular flexibility index (Phi) is 3.30. The molecule has 1 aromatic carbocycles. The highest BCUT2D eigenvalue weighted by molar-refractivity contribution is 7.89. The largest absolute Gasteiger partial charge is 0.356 e. The van der Waals surface area contributed by atoms with Crippen molar-refractivity contribution in [3.63, 3.8) is 0 Å². The van der Waals surface area contributed by atoms with Crippen LogP contribution in [0.5, 0.6) is 0 Å². The zero-order chi connectivity index (χ0) is 14.3. The van der Waals surface area contributed by atoms with E-state index in [-0.39, 0.29) is 23.7 Å². The van der Waals surface area contributed by atoms with Crippen molar-refractivity contribution in [1.29, 1.82) is 0 Å². The zero-order valence-corrected chi connectivity index (χ0v) is 12.1. The van der Waals surface area contributed by atoms with Gasteiger partial charge in [-0.15, -0.1) is 0 Å². The Balaban J connectivity index is 1.85. The molecule has 2 heterocycles. The summed E-state index contributed by atoms with van der Waals surface area (Å²) >= 11 is 0. The summed E-state index contributed by atoms with van der Waals surface area (Å²) < 4.78 is 26.7. The van der Waals surface area contributed by atoms with Crippen LogP contribution in [0.4, 0.5) is 0 Å². The van der Waals surface area contributed by atoms with E-state index in [2.05, 4.69) is 5.32 Å². The van der Waals surface area contributed by atoms with Crippen LogP contribution in [0.1, 0.15) is 6.92 Å². The zero-order valence-electron chi connectivity index (χ0n) is 11.3. The van der Waals surface area contributed by atoms with Crippen molar-refractivity contribution in [2.75, 3.05) is 19.6 Å². The Morgan fingerprint density at radius 1 is 1.20 bits per heavy atom. The Morgan fingerprint density at radius 3 is 2.60 bits per heavy atom. The highest BCUT2D eigenvalue weighted by Crippen LogP contribution is 2.35. The van der Waals surface area contributed by atoms with E-state index in [1.54, 1.807) is 30.3 Å². The number of carbonyl (C=O) groups excluding carboxylic acids is 1. The van der Waals surface area contributed by atoms with Crippen LogP contribution < -0.4 is 5.32 Å². The molecule has 2 fully saturated rings. The fraction of sp³-hybridized carbons (Fsp3) is 0.500. The average molecular weight is 294 g/mol. The van der Waals surface area contributed by atoms with Gasteiger partial charge in [0.15, 0.2) is 0 Å². The Morgan fingerprint density at radius 2 is 1.90 bits per heavy atom. The third kappa shape index (κ3) is 2.13. The summed E-state index contributed by atoms with van der Waals surface area (Å²) in [5.41, 5.74) is 0. The summed E-state index contributed by atoms with van der Waals surface area (Å²) in [5, 5.41) is 2.85. The van der Waals surface area contributed by atoms with Gasteiger partial charge in [-0.2, -0.15) is 4.31 Å². The van der Waals surface area contributed by atoms with Crippen molar-refractivity contribution in [1.82, 2.24) is 9.62 Å². The van der Waals surface area contributed by atoms with Gasteiger partial charge in [-0.05, 0) is 24.0 Å². The van der Waals surface area contributed by atoms with Gasteiger partial charge in [0.25, 0.3) is 0 Å². The molecule has 0 aromatic heterocycles. The van der Waals surface area contributed by atoms with Crippen LogP contribution in [-0.4, -0.2) is 38.3 Å². The van der Waals surface area contributed by atoms with Crippen molar-refractivity contribution >= 4 is 15.9 Å². The van der Waals surface area contributed by atoms with Crippen LogP contribution in [0.3, 0.4) is 0 Å². The molecule has 0 radical (unpaired) electrons. The Labute approximate surface area is 119 Å². The van der Waals surface area contributed by atoms with Gasteiger partial charge < -0.3 is 5.32 Å². The monoisotopic (exact) mass is 294 g/mol. The van der Waals surface area contributed by atoms with Crippen LogP contribution >= 0.6 is 0 Å². The normalized spacial score (nSPS) is 30.9. The summed E-state index contributed by atoms with van der Waals surface area (Å²) in [6.45, 7) is 3.39. The number of hydrogen-bond donors (Lipinski definition) is 1. The molecule has 5 nitrogen and oxygen atoms in total. The number of fused-ring (bicyclic) bond motifs is 1. The summed E-state index contributed by atoms with van der Waals surface area (Å²) in [6, 6.07) is 8.48. The lowest BCUT2D eigenvalue weighted by atomic mass is 9.81. The first-order valence-electron chi connectivity index (χ1n) is 6.83. The third-order valence-corrected chi connectivity index (χ3v) is 6.28. The van der Waals surface area contributed by atoms with Crippen molar-refractivity contribution in [3.05, 3.63) is 30.3 Å². The minimum atomic E-state index is -3.44. The van der Waals surface area contributed by atoms with Crippen molar-refractivity contribution in [2.45, 2.75) is 11.8 Å². The number of hydrogen-bond acceptors (Lipinski definition) is 3. The maximum atomic E-state index is 12.6. The van der Waals surface area contributed by atoms with Gasteiger partial charge in [-0.25, -0.2) is 8.42 Å². The number of sulfonamides is 1. The Bertz CT molecular complexity index is 615. The molecule has 3 rings (SSSR count). The first-order chi connectivity index (χ1) is 9.50. The molecule has 0 saturated carbocycles. The lowest BCUT2D eigenvalue weighted by molar-refractivity contribution is -0.128. The quantitative estimate of drug-likeness (QED) is 0.872. The molecule has 0 bridgehead atoms. The molecule has 6 heteroatoms. The van der Waals surface area contributed by atoms with E-state index in [4.69, 9.17) is 0 Å². The molecular weight excluding hydrogens is 276 g/mol. The van der Waals surface area contributed by atoms with Crippen LogP contribution in [0.25, 0.3) is 0 Å². The smallest absolute Gasteiger partial charge is 0.243 e. The molecule has 1 amide bonds. The van der Waals surface area contributed by atoms with E-state index in [1.807, 2.05) is 6.92 Å². The number of carbonyl (C=O) groups is 1. The molecule has 1 aromatic rings. The van der Waals surface area contributed by atoms with Crippen LogP contribution in [0.2, 0.25) is 0 Å². The summed E-state index contributed by atoms with van der Waals surface area (Å²) in [4.78, 5) is 12.0. The fourth-order valence-corrected chi connectivity index (χ4v) is 4.72. The van der Waals surface area contributed by atoms with Gasteiger partial charge >= 0.3 is 0 Å². The predicted octanol–water partition coefficient (Wildman–Crippen LogP) is 0.689. The SMILES string of the molecule is C[C@H]1C(=O)NC[C@H]2CN(S(=O)(=O)c3ccccc3)C[C@H]21. The molecule has 2 saturated heterocycles. The highest BCUT2D eigenvalue weighted by atomic mass is 32.2. The van der Waals surface area contributed by atoms with Crippen molar-refractivity contribution < 1.29 is 13.2 Å². The van der Waals surface area contributed by atoms with E-state index in [0.29, 0.717) is 24.5 Å². The van der Waals surface area contributed by atoms with Crippen LogP contribution in [0.15, 0.2) is 35.2 Å². The predicted molar refractivity (Wildman–Crippen MR) is 74.4 cm³/mol. The number of benzene rings is 1. The van der Waals surface area contributed by atoms with E-state index < -0.39 is 10.0 Å². The molecule has 0 spiro atoms. The van der Waals surface area contributed by atoms with Crippen molar-refractivity contribution in [2.24, 2.45) is 17.8 Å². The summed E-state index contributed by atoms with van der Waals surface area (Å²) in [5.74, 6) is 0.262. The molecule has 20 heavy (non-hydrogen) atoms. The van der Waals surface area contributed by atoms with Gasteiger partial charge in [0.1, 0.15) is 0 Å². The lowest BCUT2D eigenvalue weighted by Gasteiger charge is -2.29. The lowest BCUT2D eigenvalue weighted by Crippen LogP contribution is -2.46. The number of rotatable bonds is 2.